The molecular formula is C38H52ClFN4O5. The van der Waals surface area contributed by atoms with Gasteiger partial charge in [0.05, 0.1) is 19.8 Å². The number of hydrogen-bond acceptors (Lipinski definition) is 7. The number of rotatable bonds is 10. The lowest BCUT2D eigenvalue weighted by Crippen LogP contribution is -2.50. The van der Waals surface area contributed by atoms with Crippen LogP contribution in [0, 0.1) is 11.8 Å². The number of piperidine rings is 1. The van der Waals surface area contributed by atoms with Gasteiger partial charge in [0.2, 0.25) is 11.6 Å². The third-order valence-corrected chi connectivity index (χ3v) is 12.0. The molecule has 6 rings (SSSR count). The summed E-state index contributed by atoms with van der Waals surface area (Å²) < 4.78 is 34.6. The molecule has 4 aliphatic rings. The van der Waals surface area contributed by atoms with E-state index >= 15 is 4.39 Å². The Morgan fingerprint density at radius 3 is 2.31 bits per heavy atom. The Bertz CT molecular complexity index is 1450. The Labute approximate surface area is 295 Å². The summed E-state index contributed by atoms with van der Waals surface area (Å²) in [5.41, 5.74) is 0.842. The maximum Gasteiger partial charge on any atom is 0.262 e. The molecule has 4 fully saturated rings. The largest absolute Gasteiger partial charge is 0.497 e. The smallest absolute Gasteiger partial charge is 0.262 e. The molecule has 1 N–H and O–H groups in total. The van der Waals surface area contributed by atoms with Crippen LogP contribution in [-0.2, 0) is 19.1 Å². The average molecular weight is 699 g/mol. The van der Waals surface area contributed by atoms with E-state index in [4.69, 9.17) is 25.8 Å². The molecular weight excluding hydrogens is 647 g/mol. The van der Waals surface area contributed by atoms with E-state index in [1.807, 2.05) is 36.4 Å². The van der Waals surface area contributed by atoms with Crippen LogP contribution in [0.25, 0.3) is 0 Å². The summed E-state index contributed by atoms with van der Waals surface area (Å²) in [6.07, 6.45) is 5.49. The van der Waals surface area contributed by atoms with Crippen molar-refractivity contribution in [1.82, 2.24) is 15.1 Å². The second-order valence-electron chi connectivity index (χ2n) is 14.4. The van der Waals surface area contributed by atoms with Gasteiger partial charge in [0.15, 0.2) is 0 Å². The maximum absolute atomic E-state index is 17.9. The molecule has 0 spiro atoms. The van der Waals surface area contributed by atoms with Gasteiger partial charge in [-0.1, -0.05) is 29.8 Å². The molecule has 2 aromatic rings. The topological polar surface area (TPSA) is 83.6 Å². The van der Waals surface area contributed by atoms with Crippen molar-refractivity contribution in [3.63, 3.8) is 0 Å². The molecule has 2 aromatic carbocycles. The van der Waals surface area contributed by atoms with E-state index in [-0.39, 0.29) is 42.4 Å². The minimum Gasteiger partial charge on any atom is -0.497 e. The third kappa shape index (κ3) is 7.43. The van der Waals surface area contributed by atoms with Gasteiger partial charge in [0.25, 0.3) is 5.91 Å². The van der Waals surface area contributed by atoms with E-state index in [1.54, 1.807) is 33.3 Å². The molecule has 0 unspecified atom stereocenters. The van der Waals surface area contributed by atoms with Crippen LogP contribution < -0.4 is 15.0 Å². The van der Waals surface area contributed by atoms with E-state index in [2.05, 4.69) is 21.2 Å². The maximum atomic E-state index is 17.9. The Morgan fingerprint density at radius 2 is 1.67 bits per heavy atom. The number of benzene rings is 2. The van der Waals surface area contributed by atoms with Gasteiger partial charge in [-0.05, 0) is 73.9 Å². The average Bonchev–Trinajstić information content (AvgIpc) is 3.73. The highest BCUT2D eigenvalue weighted by molar-refractivity contribution is 6.30. The van der Waals surface area contributed by atoms with Crippen LogP contribution in [0.5, 0.6) is 5.75 Å². The zero-order valence-electron chi connectivity index (χ0n) is 29.3. The summed E-state index contributed by atoms with van der Waals surface area (Å²) in [6.45, 7) is 3.29. The molecule has 11 heteroatoms. The van der Waals surface area contributed by atoms with Gasteiger partial charge < -0.3 is 29.3 Å². The van der Waals surface area contributed by atoms with Crippen molar-refractivity contribution in [2.24, 2.45) is 11.8 Å². The lowest BCUT2D eigenvalue weighted by atomic mass is 9.85. The first-order valence-electron chi connectivity index (χ1n) is 17.8. The highest BCUT2D eigenvalue weighted by Crippen LogP contribution is 2.46. The number of nitrogens with one attached hydrogen (secondary N) is 1. The summed E-state index contributed by atoms with van der Waals surface area (Å²) in [4.78, 5) is 33.3. The standard InChI is InChI=1S/C38H52ClFN4O5/c1-41-36(45)26-15-17-42(18-16-26)35-19-28(39)7-14-32(35)33-21-43(20-27(33)23-47-2)37(46)38(40)24-44(29-8-12-31(49-4)13-9-29)22-34(38)25-5-10-30(48-3)11-6-25/h5-7,10-11,14,19,26-27,29,31,33-34H,8-9,12-13,15-18,20-24H2,1-4H3,(H,41,45)/t27-,29-,31-,33+,34+,38+/m1/s1. The predicted octanol–water partition coefficient (Wildman–Crippen LogP) is 5.26. The SMILES string of the molecule is CNC(=O)C1CCN(c2cc(Cl)ccc2[C@H]2CN(C(=O)[C@]3(F)CN([C@H]4CC[C@H](OC)CC4)C[C@H]3c3ccc(OC)cc3)C[C@@H]2COC)CC1. The van der Waals surface area contributed by atoms with Gasteiger partial charge in [-0.15, -0.1) is 0 Å². The summed E-state index contributed by atoms with van der Waals surface area (Å²) >= 11 is 6.56. The van der Waals surface area contributed by atoms with Crippen molar-refractivity contribution in [2.75, 3.05) is 79.2 Å². The minimum absolute atomic E-state index is 0.00916. The summed E-state index contributed by atoms with van der Waals surface area (Å²) in [5.74, 6) is -0.332. The number of methoxy groups -OCH3 is 3. The Balaban J connectivity index is 1.26. The quantitative estimate of drug-likeness (QED) is 0.363. The van der Waals surface area contributed by atoms with Crippen LogP contribution in [0.4, 0.5) is 10.1 Å². The van der Waals surface area contributed by atoms with Crippen molar-refractivity contribution in [3.05, 3.63) is 58.6 Å². The van der Waals surface area contributed by atoms with Crippen LogP contribution >= 0.6 is 11.6 Å². The molecule has 1 saturated carbocycles. The summed E-state index contributed by atoms with van der Waals surface area (Å²) in [5, 5.41) is 3.42. The number of carbonyl (C=O) groups excluding carboxylic acids is 2. The molecule has 1 aliphatic carbocycles. The molecule has 3 heterocycles. The van der Waals surface area contributed by atoms with Gasteiger partial charge in [-0.25, -0.2) is 4.39 Å². The number of ether oxygens (including phenoxy) is 3. The van der Waals surface area contributed by atoms with Gasteiger partial charge in [-0.3, -0.25) is 14.5 Å². The molecule has 4 atom stereocenters. The van der Waals surface area contributed by atoms with Gasteiger partial charge in [-0.2, -0.15) is 0 Å². The monoisotopic (exact) mass is 698 g/mol. The number of nitrogens with zero attached hydrogens (tertiary/aromatic N) is 3. The van der Waals surface area contributed by atoms with E-state index < -0.39 is 17.5 Å². The summed E-state index contributed by atoms with van der Waals surface area (Å²) in [6, 6.07) is 13.7. The fourth-order valence-corrected chi connectivity index (χ4v) is 9.09. The third-order valence-electron chi connectivity index (χ3n) is 11.7. The normalized spacial score (nSPS) is 29.7. The van der Waals surface area contributed by atoms with Crippen molar-refractivity contribution >= 4 is 29.1 Å². The first kappa shape index (κ1) is 35.9. The predicted molar refractivity (Wildman–Crippen MR) is 189 cm³/mol. The van der Waals surface area contributed by atoms with Crippen LogP contribution in [-0.4, -0.2) is 114 Å². The van der Waals surface area contributed by atoms with Gasteiger partial charge >= 0.3 is 0 Å². The number of amides is 2. The molecule has 0 aromatic heterocycles. The first-order valence-corrected chi connectivity index (χ1v) is 18.2. The Hall–Kier alpha value is -2.92. The highest BCUT2D eigenvalue weighted by Gasteiger charge is 2.57. The second kappa shape index (κ2) is 15.5. The lowest BCUT2D eigenvalue weighted by Gasteiger charge is -2.35. The van der Waals surface area contributed by atoms with Crippen molar-refractivity contribution < 1.29 is 28.2 Å². The number of hydrogen-bond donors (Lipinski definition) is 1. The number of carbonyl (C=O) groups is 2. The van der Waals surface area contributed by atoms with Crippen molar-refractivity contribution in [3.8, 4) is 5.75 Å². The lowest BCUT2D eigenvalue weighted by molar-refractivity contribution is -0.143. The molecule has 2 amide bonds. The molecule has 3 saturated heterocycles. The molecule has 9 nitrogen and oxygen atoms in total. The number of alkyl halides is 1. The molecule has 49 heavy (non-hydrogen) atoms. The molecule has 268 valence electrons. The number of halogens is 2. The van der Waals surface area contributed by atoms with Crippen LogP contribution in [0.15, 0.2) is 42.5 Å². The zero-order chi connectivity index (χ0) is 34.7. The molecule has 0 radical (unpaired) electrons. The van der Waals surface area contributed by atoms with E-state index in [9.17, 15) is 9.59 Å². The minimum atomic E-state index is -2.08. The number of likely N-dealkylation sites (tertiary alicyclic amines) is 2. The highest BCUT2D eigenvalue weighted by atomic mass is 35.5. The van der Waals surface area contributed by atoms with E-state index in [0.717, 1.165) is 68.4 Å². The fourth-order valence-electron chi connectivity index (χ4n) is 8.92. The van der Waals surface area contributed by atoms with E-state index in [0.29, 0.717) is 37.0 Å². The second-order valence-corrected chi connectivity index (χ2v) is 14.8. The van der Waals surface area contributed by atoms with E-state index in [1.165, 1.54) is 0 Å². The summed E-state index contributed by atoms with van der Waals surface area (Å²) in [7, 11) is 6.74. The molecule has 3 aliphatic heterocycles. The number of anilines is 1. The van der Waals surface area contributed by atoms with Gasteiger partial charge in [0.1, 0.15) is 5.75 Å². The fraction of sp³-hybridized carbons (Fsp3) is 0.632. The van der Waals surface area contributed by atoms with Crippen LogP contribution in [0.1, 0.15) is 61.5 Å². The first-order chi connectivity index (χ1) is 23.7. The van der Waals surface area contributed by atoms with Crippen molar-refractivity contribution in [2.45, 2.75) is 68.2 Å². The molecule has 0 bridgehead atoms. The Morgan fingerprint density at radius 1 is 0.959 bits per heavy atom. The van der Waals surface area contributed by atoms with Crippen LogP contribution in [0.2, 0.25) is 5.02 Å². The Kier molecular flexibility index (Phi) is 11.4. The van der Waals surface area contributed by atoms with Crippen LogP contribution in [0.3, 0.4) is 0 Å². The zero-order valence-corrected chi connectivity index (χ0v) is 30.1. The van der Waals surface area contributed by atoms with Crippen molar-refractivity contribution in [1.29, 1.82) is 0 Å². The van der Waals surface area contributed by atoms with Gasteiger partial charge in [0, 0.05) is 101 Å².